The van der Waals surface area contributed by atoms with Gasteiger partial charge >= 0.3 is 5.82 Å². The van der Waals surface area contributed by atoms with Gasteiger partial charge in [-0.3, -0.25) is 0 Å². The maximum atomic E-state index is 5.16. The van der Waals surface area contributed by atoms with Gasteiger partial charge in [-0.1, -0.05) is 30.3 Å². The van der Waals surface area contributed by atoms with Crippen LogP contribution >= 0.6 is 0 Å². The molecule has 130 valence electrons. The summed E-state index contributed by atoms with van der Waals surface area (Å²) >= 11 is 0. The third-order valence-electron chi connectivity index (χ3n) is 5.68. The Kier molecular flexibility index (Phi) is 3.80. The van der Waals surface area contributed by atoms with Crippen molar-refractivity contribution in [2.75, 3.05) is 0 Å². The van der Waals surface area contributed by atoms with Crippen LogP contribution in [0.3, 0.4) is 0 Å². The zero-order valence-corrected chi connectivity index (χ0v) is 16.4. The van der Waals surface area contributed by atoms with E-state index in [-0.39, 0.29) is 0 Å². The Morgan fingerprint density at radius 1 is 0.769 bits per heavy atom. The molecule has 3 aromatic carbocycles. The average molecular weight is 341 g/mol. The van der Waals surface area contributed by atoms with E-state index >= 15 is 0 Å². The van der Waals surface area contributed by atoms with E-state index in [1.807, 2.05) is 0 Å². The van der Waals surface area contributed by atoms with Crippen LogP contribution in [0.25, 0.3) is 33.1 Å². The fourth-order valence-electron chi connectivity index (χ4n) is 4.05. The van der Waals surface area contributed by atoms with Crippen molar-refractivity contribution in [3.05, 3.63) is 70.4 Å². The lowest BCUT2D eigenvalue weighted by molar-refractivity contribution is -0.661. The summed E-state index contributed by atoms with van der Waals surface area (Å²) in [5.74, 6) is 1.03. The third kappa shape index (κ3) is 2.40. The highest BCUT2D eigenvalue weighted by molar-refractivity contribution is 6.03. The first-order valence-corrected chi connectivity index (χ1v) is 9.15. The molecule has 0 radical (unpaired) electrons. The van der Waals surface area contributed by atoms with Crippen LogP contribution in [0, 0.1) is 34.6 Å². The van der Waals surface area contributed by atoms with Gasteiger partial charge in [0.2, 0.25) is 0 Å². The van der Waals surface area contributed by atoms with Gasteiger partial charge in [-0.15, -0.1) is 0 Å². The van der Waals surface area contributed by atoms with Crippen LogP contribution in [0.5, 0.6) is 0 Å². The molecule has 0 unspecified atom stereocenters. The lowest BCUT2D eigenvalue weighted by Crippen LogP contribution is -2.32. The Balaban J connectivity index is 2.13. The number of aromatic nitrogens is 2. The normalized spacial score (nSPS) is 11.5. The highest BCUT2D eigenvalue weighted by atomic mass is 15.0. The number of aryl methyl sites for hydroxylation is 5. The van der Waals surface area contributed by atoms with E-state index < -0.39 is 0 Å². The standard InChI is InChI=1S/C24H25N2/c1-14-11-15(2)16(3)21(12-14)24-25-23-18(5)20-10-8-7-9-19(20)17(4)22(23)13-26(24)6/h7-13H,1-6H3/q+1. The van der Waals surface area contributed by atoms with E-state index in [4.69, 9.17) is 4.98 Å². The molecule has 2 nitrogen and oxygen atoms in total. The van der Waals surface area contributed by atoms with Gasteiger partial charge in [0, 0.05) is 5.56 Å². The van der Waals surface area contributed by atoms with Crippen LogP contribution in [0.2, 0.25) is 0 Å². The second-order valence-electron chi connectivity index (χ2n) is 7.49. The van der Waals surface area contributed by atoms with Crippen LogP contribution in [0.4, 0.5) is 0 Å². The quantitative estimate of drug-likeness (QED) is 0.333. The maximum absolute atomic E-state index is 5.16. The molecule has 4 aromatic rings. The van der Waals surface area contributed by atoms with E-state index in [2.05, 4.69) is 88.8 Å². The largest absolute Gasteiger partial charge is 0.331 e. The topological polar surface area (TPSA) is 16.8 Å². The number of hydrogen-bond donors (Lipinski definition) is 0. The van der Waals surface area contributed by atoms with Gasteiger partial charge in [-0.05, 0) is 78.7 Å². The highest BCUT2D eigenvalue weighted by Crippen LogP contribution is 2.32. The molecule has 0 fully saturated rings. The van der Waals surface area contributed by atoms with Gasteiger partial charge in [0.1, 0.15) is 6.20 Å². The highest BCUT2D eigenvalue weighted by Gasteiger charge is 2.22. The number of fused-ring (bicyclic) bond motifs is 2. The molecule has 0 aliphatic carbocycles. The number of hydrogen-bond acceptors (Lipinski definition) is 1. The summed E-state index contributed by atoms with van der Waals surface area (Å²) in [4.78, 5) is 5.16. The van der Waals surface area contributed by atoms with Crippen LogP contribution in [-0.2, 0) is 7.05 Å². The molecule has 0 spiro atoms. The first kappa shape index (κ1) is 16.7. The molecular weight excluding hydrogens is 316 g/mol. The molecule has 0 saturated heterocycles. The number of rotatable bonds is 1. The molecule has 0 aliphatic rings. The minimum absolute atomic E-state index is 1.03. The zero-order chi connectivity index (χ0) is 18.6. The lowest BCUT2D eigenvalue weighted by atomic mass is 9.96. The first-order valence-electron chi connectivity index (χ1n) is 9.15. The van der Waals surface area contributed by atoms with E-state index in [9.17, 15) is 0 Å². The molecule has 1 heterocycles. The summed E-state index contributed by atoms with van der Waals surface area (Å²) in [7, 11) is 2.10. The minimum Gasteiger partial charge on any atom is -0.232 e. The van der Waals surface area contributed by atoms with Crippen molar-refractivity contribution in [2.45, 2.75) is 34.6 Å². The number of nitrogens with zero attached hydrogens (tertiary/aromatic N) is 2. The van der Waals surface area contributed by atoms with E-state index in [1.54, 1.807) is 0 Å². The van der Waals surface area contributed by atoms with Crippen molar-refractivity contribution in [3.8, 4) is 11.4 Å². The Bertz CT molecular complexity index is 1190. The Morgan fingerprint density at radius 3 is 2.12 bits per heavy atom. The summed E-state index contributed by atoms with van der Waals surface area (Å²) in [6.07, 6.45) is 2.24. The average Bonchev–Trinajstić information content (AvgIpc) is 2.62. The molecule has 2 heteroatoms. The van der Waals surface area contributed by atoms with Crippen LogP contribution < -0.4 is 4.57 Å². The van der Waals surface area contributed by atoms with Gasteiger partial charge in [0.25, 0.3) is 0 Å². The van der Waals surface area contributed by atoms with Gasteiger partial charge in [0.05, 0.1) is 18.0 Å². The molecule has 0 aliphatic heterocycles. The Hall–Kier alpha value is -2.74. The van der Waals surface area contributed by atoms with Crippen molar-refractivity contribution >= 4 is 21.7 Å². The van der Waals surface area contributed by atoms with Gasteiger partial charge in [0.15, 0.2) is 5.52 Å². The molecule has 4 rings (SSSR count). The van der Waals surface area contributed by atoms with Gasteiger partial charge in [-0.2, -0.15) is 0 Å². The second-order valence-corrected chi connectivity index (χ2v) is 7.49. The molecule has 0 N–H and O–H groups in total. The van der Waals surface area contributed by atoms with Gasteiger partial charge < -0.3 is 0 Å². The zero-order valence-electron chi connectivity index (χ0n) is 16.4. The molecule has 0 atom stereocenters. The second kappa shape index (κ2) is 5.91. The molecule has 26 heavy (non-hydrogen) atoms. The maximum Gasteiger partial charge on any atom is 0.331 e. The molecular formula is C24H25N2+. The van der Waals surface area contributed by atoms with Gasteiger partial charge in [-0.25, -0.2) is 4.57 Å². The van der Waals surface area contributed by atoms with E-state index in [0.717, 1.165) is 11.3 Å². The molecule has 1 aromatic heterocycles. The SMILES string of the molecule is Cc1cc(C)c(C)c(-c2nc3c(C)c4ccccc4c(C)c3c[n+]2C)c1. The van der Waals surface area contributed by atoms with Crippen LogP contribution in [0.1, 0.15) is 27.8 Å². The van der Waals surface area contributed by atoms with Crippen molar-refractivity contribution in [1.29, 1.82) is 0 Å². The summed E-state index contributed by atoms with van der Waals surface area (Å²) < 4.78 is 2.17. The monoisotopic (exact) mass is 341 g/mol. The Labute approximate surface area is 155 Å². The van der Waals surface area contributed by atoms with E-state index in [1.165, 1.54) is 49.5 Å². The molecule has 0 bridgehead atoms. The summed E-state index contributed by atoms with van der Waals surface area (Å²) in [6, 6.07) is 13.1. The molecule has 0 amide bonds. The molecule has 0 saturated carbocycles. The van der Waals surface area contributed by atoms with Crippen LogP contribution in [-0.4, -0.2) is 4.98 Å². The summed E-state index contributed by atoms with van der Waals surface area (Å²) in [5, 5.41) is 3.84. The third-order valence-corrected chi connectivity index (χ3v) is 5.68. The summed E-state index contributed by atoms with van der Waals surface area (Å²) in [6.45, 7) is 10.9. The fourth-order valence-corrected chi connectivity index (χ4v) is 4.05. The predicted molar refractivity (Wildman–Crippen MR) is 110 cm³/mol. The van der Waals surface area contributed by atoms with Crippen molar-refractivity contribution in [1.82, 2.24) is 4.98 Å². The lowest BCUT2D eigenvalue weighted by Gasteiger charge is -2.12. The van der Waals surface area contributed by atoms with Crippen molar-refractivity contribution in [3.63, 3.8) is 0 Å². The first-order chi connectivity index (χ1) is 12.4. The summed E-state index contributed by atoms with van der Waals surface area (Å²) in [5.41, 5.74) is 8.76. The fraction of sp³-hybridized carbons (Fsp3) is 0.250. The van der Waals surface area contributed by atoms with Crippen LogP contribution in [0.15, 0.2) is 42.6 Å². The smallest absolute Gasteiger partial charge is 0.232 e. The van der Waals surface area contributed by atoms with Crippen molar-refractivity contribution < 1.29 is 4.57 Å². The van der Waals surface area contributed by atoms with E-state index in [0.29, 0.717) is 0 Å². The Morgan fingerprint density at radius 2 is 1.42 bits per heavy atom. The van der Waals surface area contributed by atoms with Crippen molar-refractivity contribution in [2.24, 2.45) is 7.05 Å². The minimum atomic E-state index is 1.03. The predicted octanol–water partition coefficient (Wildman–Crippen LogP) is 5.42. The number of benzene rings is 3.